The molecule has 0 fully saturated rings. The summed E-state index contributed by atoms with van der Waals surface area (Å²) in [5.41, 5.74) is -0.392. The predicted molar refractivity (Wildman–Crippen MR) is 73.9 cm³/mol. The van der Waals surface area contributed by atoms with Gasteiger partial charge in [0.1, 0.15) is 0 Å². The molecule has 0 unspecified atom stereocenters. The van der Waals surface area contributed by atoms with Crippen LogP contribution in [-0.4, -0.2) is 32.6 Å². The van der Waals surface area contributed by atoms with Gasteiger partial charge in [-0.05, 0) is 25.3 Å². The molecule has 0 aliphatic rings. The van der Waals surface area contributed by atoms with Gasteiger partial charge in [0.25, 0.3) is 5.56 Å². The van der Waals surface area contributed by atoms with E-state index in [-0.39, 0.29) is 17.9 Å². The van der Waals surface area contributed by atoms with Crippen LogP contribution in [0.5, 0.6) is 0 Å². The number of benzene rings is 1. The van der Waals surface area contributed by atoms with Crippen molar-refractivity contribution >= 4 is 16.7 Å². The van der Waals surface area contributed by atoms with Crippen LogP contribution in [0.15, 0.2) is 29.1 Å². The van der Waals surface area contributed by atoms with Crippen molar-refractivity contribution in [2.45, 2.75) is 25.8 Å². The number of hydrogen-bond acceptors (Lipinski definition) is 4. The van der Waals surface area contributed by atoms with E-state index < -0.39 is 5.97 Å². The number of aliphatic hydroxyl groups is 1. The Balaban J connectivity index is 2.42. The predicted octanol–water partition coefficient (Wildman–Crippen LogP) is 1.26. The second kappa shape index (κ2) is 6.29. The molecule has 106 valence electrons. The van der Waals surface area contributed by atoms with Gasteiger partial charge in [0.05, 0.1) is 5.39 Å². The van der Waals surface area contributed by atoms with E-state index in [0.717, 1.165) is 6.42 Å². The maximum absolute atomic E-state index is 12.2. The van der Waals surface area contributed by atoms with Gasteiger partial charge < -0.3 is 10.2 Å². The molecule has 2 aromatic rings. The second-order valence-corrected chi connectivity index (χ2v) is 4.51. The highest BCUT2D eigenvalue weighted by atomic mass is 16.4. The molecule has 20 heavy (non-hydrogen) atoms. The molecule has 2 rings (SSSR count). The van der Waals surface area contributed by atoms with E-state index in [1.54, 1.807) is 24.3 Å². The Bertz CT molecular complexity index is 678. The summed E-state index contributed by atoms with van der Waals surface area (Å²) in [5.74, 6) is -1.15. The first kappa shape index (κ1) is 14.2. The number of rotatable bonds is 6. The van der Waals surface area contributed by atoms with Crippen LogP contribution >= 0.6 is 0 Å². The Morgan fingerprint density at radius 2 is 1.85 bits per heavy atom. The molecule has 0 aliphatic heterocycles. The number of aromatic carboxylic acids is 1. The SMILES string of the molecule is O=C(O)c1nn(CCCCCO)c(=O)c2ccccc12. The second-order valence-electron chi connectivity index (χ2n) is 4.51. The highest BCUT2D eigenvalue weighted by Gasteiger charge is 2.15. The monoisotopic (exact) mass is 276 g/mol. The van der Waals surface area contributed by atoms with E-state index in [0.29, 0.717) is 30.2 Å². The first-order chi connectivity index (χ1) is 9.65. The van der Waals surface area contributed by atoms with E-state index in [1.165, 1.54) is 4.68 Å². The molecule has 6 heteroatoms. The summed E-state index contributed by atoms with van der Waals surface area (Å²) in [5, 5.41) is 22.6. The number of aromatic nitrogens is 2. The summed E-state index contributed by atoms with van der Waals surface area (Å²) >= 11 is 0. The van der Waals surface area contributed by atoms with Crippen molar-refractivity contribution in [3.8, 4) is 0 Å². The Morgan fingerprint density at radius 1 is 1.15 bits per heavy atom. The lowest BCUT2D eigenvalue weighted by Crippen LogP contribution is -2.26. The molecule has 1 aromatic heterocycles. The Kier molecular flexibility index (Phi) is 4.47. The zero-order valence-electron chi connectivity index (χ0n) is 11.0. The summed E-state index contributed by atoms with van der Waals surface area (Å²) in [6.45, 7) is 0.463. The molecular formula is C14H16N2O4. The smallest absolute Gasteiger partial charge is 0.357 e. The lowest BCUT2D eigenvalue weighted by Gasteiger charge is -2.08. The molecule has 1 aromatic carbocycles. The van der Waals surface area contributed by atoms with Crippen LogP contribution in [0.1, 0.15) is 29.8 Å². The number of aliphatic hydroxyl groups excluding tert-OH is 1. The number of unbranched alkanes of at least 4 members (excludes halogenated alkanes) is 2. The third-order valence-corrected chi connectivity index (χ3v) is 3.10. The van der Waals surface area contributed by atoms with Crippen molar-refractivity contribution in [1.29, 1.82) is 0 Å². The van der Waals surface area contributed by atoms with Gasteiger partial charge in [-0.25, -0.2) is 9.48 Å². The third-order valence-electron chi connectivity index (χ3n) is 3.10. The first-order valence-electron chi connectivity index (χ1n) is 6.49. The summed E-state index contributed by atoms with van der Waals surface area (Å²) in [6.07, 6.45) is 2.10. The van der Waals surface area contributed by atoms with E-state index in [9.17, 15) is 14.7 Å². The van der Waals surface area contributed by atoms with Crippen LogP contribution in [0, 0.1) is 0 Å². The molecule has 0 radical (unpaired) electrons. The highest BCUT2D eigenvalue weighted by molar-refractivity contribution is 6.01. The van der Waals surface area contributed by atoms with Gasteiger partial charge in [-0.2, -0.15) is 5.10 Å². The zero-order chi connectivity index (χ0) is 14.5. The summed E-state index contributed by atoms with van der Waals surface area (Å²) in [7, 11) is 0. The molecule has 0 aliphatic carbocycles. The minimum Gasteiger partial charge on any atom is -0.476 e. The number of carboxylic acid groups (broad SMARTS) is 1. The average molecular weight is 276 g/mol. The number of hydrogen-bond donors (Lipinski definition) is 2. The van der Waals surface area contributed by atoms with Crippen LogP contribution < -0.4 is 5.56 Å². The van der Waals surface area contributed by atoms with Gasteiger partial charge in [-0.15, -0.1) is 0 Å². The zero-order valence-corrected chi connectivity index (χ0v) is 11.0. The van der Waals surface area contributed by atoms with Gasteiger partial charge in [0.2, 0.25) is 0 Å². The highest BCUT2D eigenvalue weighted by Crippen LogP contribution is 2.13. The van der Waals surface area contributed by atoms with Crippen molar-refractivity contribution in [3.63, 3.8) is 0 Å². The average Bonchev–Trinajstić information content (AvgIpc) is 2.45. The summed E-state index contributed by atoms with van der Waals surface area (Å²) in [6, 6.07) is 6.58. The van der Waals surface area contributed by atoms with E-state index in [1.807, 2.05) is 0 Å². The quantitative estimate of drug-likeness (QED) is 0.775. The standard InChI is InChI=1S/C14H16N2O4/c17-9-5-1-4-8-16-13(18)11-7-3-2-6-10(11)12(15-16)14(19)20/h2-3,6-7,17H,1,4-5,8-9H2,(H,19,20). The summed E-state index contributed by atoms with van der Waals surface area (Å²) in [4.78, 5) is 23.5. The molecule has 2 N–H and O–H groups in total. The molecule has 0 atom stereocenters. The number of carboxylic acids is 1. The van der Waals surface area contributed by atoms with Gasteiger partial charge in [0.15, 0.2) is 5.69 Å². The number of fused-ring (bicyclic) bond motifs is 1. The van der Waals surface area contributed by atoms with Gasteiger partial charge >= 0.3 is 5.97 Å². The topological polar surface area (TPSA) is 92.4 Å². The van der Waals surface area contributed by atoms with Crippen molar-refractivity contribution in [2.75, 3.05) is 6.61 Å². The lowest BCUT2D eigenvalue weighted by atomic mass is 10.1. The van der Waals surface area contributed by atoms with Crippen LogP contribution in [0.25, 0.3) is 10.8 Å². The number of carbonyl (C=O) groups is 1. The van der Waals surface area contributed by atoms with Crippen LogP contribution in [0.4, 0.5) is 0 Å². The van der Waals surface area contributed by atoms with E-state index in [2.05, 4.69) is 5.10 Å². The maximum Gasteiger partial charge on any atom is 0.357 e. The van der Waals surface area contributed by atoms with Gasteiger partial charge in [0, 0.05) is 18.5 Å². The van der Waals surface area contributed by atoms with E-state index in [4.69, 9.17) is 5.11 Å². The largest absolute Gasteiger partial charge is 0.476 e. The Morgan fingerprint density at radius 3 is 2.50 bits per heavy atom. The van der Waals surface area contributed by atoms with Crippen molar-refractivity contribution < 1.29 is 15.0 Å². The summed E-state index contributed by atoms with van der Waals surface area (Å²) < 4.78 is 1.20. The van der Waals surface area contributed by atoms with Crippen LogP contribution in [0.3, 0.4) is 0 Å². The molecule has 0 saturated heterocycles. The molecule has 6 nitrogen and oxygen atoms in total. The van der Waals surface area contributed by atoms with Crippen molar-refractivity contribution in [3.05, 3.63) is 40.3 Å². The van der Waals surface area contributed by atoms with E-state index >= 15 is 0 Å². The fourth-order valence-corrected chi connectivity index (χ4v) is 2.09. The molecule has 0 bridgehead atoms. The van der Waals surface area contributed by atoms with Gasteiger partial charge in [-0.1, -0.05) is 18.2 Å². The normalized spacial score (nSPS) is 10.8. The number of aryl methyl sites for hydroxylation is 1. The Labute approximate surface area is 115 Å². The molecule has 1 heterocycles. The van der Waals surface area contributed by atoms with Crippen molar-refractivity contribution in [2.24, 2.45) is 0 Å². The number of nitrogens with zero attached hydrogens (tertiary/aromatic N) is 2. The van der Waals surface area contributed by atoms with Crippen LogP contribution in [-0.2, 0) is 6.54 Å². The minimum absolute atomic E-state index is 0.109. The fourth-order valence-electron chi connectivity index (χ4n) is 2.09. The molecule has 0 saturated carbocycles. The van der Waals surface area contributed by atoms with Gasteiger partial charge in [-0.3, -0.25) is 4.79 Å². The first-order valence-corrected chi connectivity index (χ1v) is 6.49. The molecule has 0 spiro atoms. The molecule has 0 amide bonds. The minimum atomic E-state index is -1.15. The fraction of sp³-hybridized carbons (Fsp3) is 0.357. The van der Waals surface area contributed by atoms with Crippen LogP contribution in [0.2, 0.25) is 0 Å². The maximum atomic E-state index is 12.2. The molecular weight excluding hydrogens is 260 g/mol. The third kappa shape index (κ3) is 2.85. The lowest BCUT2D eigenvalue weighted by molar-refractivity contribution is 0.0690. The Hall–Kier alpha value is -2.21. The van der Waals surface area contributed by atoms with Crippen molar-refractivity contribution in [1.82, 2.24) is 9.78 Å².